The van der Waals surface area contributed by atoms with Crippen LogP contribution in [0.5, 0.6) is 0 Å². The van der Waals surface area contributed by atoms with Crippen LogP contribution in [0.4, 0.5) is 5.69 Å². The average molecular weight is 248 g/mol. The van der Waals surface area contributed by atoms with Crippen molar-refractivity contribution in [1.82, 2.24) is 9.78 Å². The zero-order valence-corrected chi connectivity index (χ0v) is 9.93. The van der Waals surface area contributed by atoms with Crippen LogP contribution in [0.3, 0.4) is 0 Å². The summed E-state index contributed by atoms with van der Waals surface area (Å²) in [5.41, 5.74) is -0.0360. The summed E-state index contributed by atoms with van der Waals surface area (Å²) in [7, 11) is 1.78. The van der Waals surface area contributed by atoms with Gasteiger partial charge < -0.3 is 5.32 Å². The first-order valence-electron chi connectivity index (χ1n) is 4.53. The van der Waals surface area contributed by atoms with Gasteiger partial charge in [0.25, 0.3) is 0 Å². The quantitative estimate of drug-likeness (QED) is 0.813. The zero-order valence-electron chi connectivity index (χ0n) is 8.42. The number of nitrogens with zero attached hydrogens (tertiary/aromatic N) is 2. The molecular formula is C9H11Cl2N3O. The van der Waals surface area contributed by atoms with Crippen molar-refractivity contribution < 1.29 is 4.79 Å². The molecule has 0 saturated heterocycles. The second-order valence-electron chi connectivity index (χ2n) is 4.07. The fourth-order valence-electron chi connectivity index (χ4n) is 1.40. The standard InChI is InChI=1S/C9H11Cl2N3O/c1-8(5-9(8,10)11)7(15)13-6-3-12-14(2)4-6/h3-4H,5H2,1-2H3,(H,13,15)/t8-/m0/s1. The highest BCUT2D eigenvalue weighted by Crippen LogP contribution is 2.64. The van der Waals surface area contributed by atoms with Gasteiger partial charge in [-0.05, 0) is 13.3 Å². The third-order valence-electron chi connectivity index (χ3n) is 2.72. The third-order valence-corrected chi connectivity index (χ3v) is 3.82. The van der Waals surface area contributed by atoms with Crippen molar-refractivity contribution in [3.63, 3.8) is 0 Å². The number of nitrogens with one attached hydrogen (secondary N) is 1. The van der Waals surface area contributed by atoms with Crippen LogP contribution < -0.4 is 5.32 Å². The molecule has 1 heterocycles. The Bertz CT molecular complexity index is 415. The van der Waals surface area contributed by atoms with Gasteiger partial charge in [-0.2, -0.15) is 5.10 Å². The number of hydrogen-bond donors (Lipinski definition) is 1. The van der Waals surface area contributed by atoms with Crippen molar-refractivity contribution >= 4 is 34.8 Å². The Balaban J connectivity index is 2.06. The molecule has 1 N–H and O–H groups in total. The maximum Gasteiger partial charge on any atom is 0.233 e. The molecule has 0 aromatic carbocycles. The lowest BCUT2D eigenvalue weighted by molar-refractivity contribution is -0.120. The van der Waals surface area contributed by atoms with Crippen LogP contribution in [-0.2, 0) is 11.8 Å². The van der Waals surface area contributed by atoms with Crippen LogP contribution in [-0.4, -0.2) is 20.0 Å². The Morgan fingerprint density at radius 1 is 1.67 bits per heavy atom. The summed E-state index contributed by atoms with van der Waals surface area (Å²) in [6.45, 7) is 1.75. The Kier molecular flexibility index (Phi) is 2.24. The molecule has 15 heavy (non-hydrogen) atoms. The summed E-state index contributed by atoms with van der Waals surface area (Å²) in [5.74, 6) is -0.166. The monoisotopic (exact) mass is 247 g/mol. The number of anilines is 1. The van der Waals surface area contributed by atoms with Crippen molar-refractivity contribution in [3.05, 3.63) is 12.4 Å². The van der Waals surface area contributed by atoms with Gasteiger partial charge in [-0.1, -0.05) is 0 Å². The Morgan fingerprint density at radius 3 is 2.67 bits per heavy atom. The number of alkyl halides is 2. The smallest absolute Gasteiger partial charge is 0.233 e. The Hall–Kier alpha value is -0.740. The highest BCUT2D eigenvalue weighted by molar-refractivity contribution is 6.53. The van der Waals surface area contributed by atoms with Crippen LogP contribution in [0.25, 0.3) is 0 Å². The van der Waals surface area contributed by atoms with Crippen LogP contribution in [0.1, 0.15) is 13.3 Å². The minimum Gasteiger partial charge on any atom is -0.323 e. The second-order valence-corrected chi connectivity index (χ2v) is 5.55. The molecule has 4 nitrogen and oxygen atoms in total. The SMILES string of the molecule is Cn1cc(NC(=O)[C@]2(C)CC2(Cl)Cl)cn1. The maximum atomic E-state index is 11.8. The van der Waals surface area contributed by atoms with Crippen molar-refractivity contribution in [3.8, 4) is 0 Å². The molecule has 1 atom stereocenters. The van der Waals surface area contributed by atoms with Gasteiger partial charge in [0.15, 0.2) is 0 Å². The average Bonchev–Trinajstić information content (AvgIpc) is 2.47. The third kappa shape index (κ3) is 1.72. The molecule has 82 valence electrons. The van der Waals surface area contributed by atoms with Gasteiger partial charge >= 0.3 is 0 Å². The predicted molar refractivity (Wildman–Crippen MR) is 59.0 cm³/mol. The largest absolute Gasteiger partial charge is 0.323 e. The van der Waals surface area contributed by atoms with E-state index in [0.29, 0.717) is 12.1 Å². The van der Waals surface area contributed by atoms with Crippen molar-refractivity contribution in [2.45, 2.75) is 17.7 Å². The van der Waals surface area contributed by atoms with E-state index in [1.807, 2.05) is 0 Å². The highest BCUT2D eigenvalue weighted by atomic mass is 35.5. The lowest BCUT2D eigenvalue weighted by Crippen LogP contribution is -2.25. The molecular weight excluding hydrogens is 237 g/mol. The van der Waals surface area contributed by atoms with Gasteiger partial charge in [-0.15, -0.1) is 23.2 Å². The van der Waals surface area contributed by atoms with Gasteiger partial charge in [0.1, 0.15) is 4.33 Å². The summed E-state index contributed by atoms with van der Waals surface area (Å²) in [4.78, 5) is 11.8. The van der Waals surface area contributed by atoms with Gasteiger partial charge in [0.2, 0.25) is 5.91 Å². The van der Waals surface area contributed by atoms with Gasteiger partial charge in [0.05, 0.1) is 17.3 Å². The lowest BCUT2D eigenvalue weighted by Gasteiger charge is -2.10. The minimum absolute atomic E-state index is 0.166. The van der Waals surface area contributed by atoms with Gasteiger partial charge in [0, 0.05) is 13.2 Å². The van der Waals surface area contributed by atoms with Crippen molar-refractivity contribution in [2.75, 3.05) is 5.32 Å². The first-order chi connectivity index (χ1) is 6.85. The first-order valence-corrected chi connectivity index (χ1v) is 5.29. The molecule has 2 rings (SSSR count). The van der Waals surface area contributed by atoms with Crippen LogP contribution in [0.2, 0.25) is 0 Å². The summed E-state index contributed by atoms with van der Waals surface area (Å²) in [5, 5.41) is 6.67. The van der Waals surface area contributed by atoms with E-state index in [2.05, 4.69) is 10.4 Å². The molecule has 1 fully saturated rings. The second kappa shape index (κ2) is 3.12. The molecule has 6 heteroatoms. The first kappa shape index (κ1) is 10.8. The number of hydrogen-bond acceptors (Lipinski definition) is 2. The number of carbonyl (C=O) groups excluding carboxylic acids is 1. The molecule has 0 unspecified atom stereocenters. The molecule has 0 spiro atoms. The molecule has 0 bridgehead atoms. The van der Waals surface area contributed by atoms with E-state index in [9.17, 15) is 4.79 Å². The lowest BCUT2D eigenvalue weighted by atomic mass is 10.1. The number of carbonyl (C=O) groups is 1. The summed E-state index contributed by atoms with van der Waals surface area (Å²) in [6, 6.07) is 0. The zero-order chi connectivity index (χ0) is 11.3. The summed E-state index contributed by atoms with van der Waals surface area (Å²) in [6.07, 6.45) is 3.77. The summed E-state index contributed by atoms with van der Waals surface area (Å²) < 4.78 is 0.679. The van der Waals surface area contributed by atoms with E-state index in [-0.39, 0.29) is 5.91 Å². The van der Waals surface area contributed by atoms with E-state index >= 15 is 0 Å². The molecule has 1 saturated carbocycles. The van der Waals surface area contributed by atoms with E-state index in [1.54, 1.807) is 31.0 Å². The number of aromatic nitrogens is 2. The highest BCUT2D eigenvalue weighted by Gasteiger charge is 2.67. The normalized spacial score (nSPS) is 27.5. The maximum absolute atomic E-state index is 11.8. The Labute approximate surface area is 97.5 Å². The molecule has 1 amide bonds. The number of rotatable bonds is 2. The predicted octanol–water partition coefficient (Wildman–Crippen LogP) is 1.94. The Morgan fingerprint density at radius 2 is 2.27 bits per heavy atom. The van der Waals surface area contributed by atoms with Crippen molar-refractivity contribution in [2.24, 2.45) is 12.5 Å². The topological polar surface area (TPSA) is 46.9 Å². The van der Waals surface area contributed by atoms with Crippen LogP contribution in [0, 0.1) is 5.41 Å². The van der Waals surface area contributed by atoms with Crippen molar-refractivity contribution in [1.29, 1.82) is 0 Å². The minimum atomic E-state index is -0.931. The van der Waals surface area contributed by atoms with E-state index in [4.69, 9.17) is 23.2 Å². The molecule has 0 radical (unpaired) electrons. The van der Waals surface area contributed by atoms with E-state index < -0.39 is 9.75 Å². The van der Waals surface area contributed by atoms with E-state index in [0.717, 1.165) is 0 Å². The summed E-state index contributed by atoms with van der Waals surface area (Å²) >= 11 is 11.8. The molecule has 1 aromatic heterocycles. The fraction of sp³-hybridized carbons (Fsp3) is 0.556. The van der Waals surface area contributed by atoms with Crippen LogP contribution in [0.15, 0.2) is 12.4 Å². The fourth-order valence-corrected chi connectivity index (χ4v) is 2.11. The van der Waals surface area contributed by atoms with Crippen LogP contribution >= 0.6 is 23.2 Å². The van der Waals surface area contributed by atoms with Gasteiger partial charge in [-0.25, -0.2) is 0 Å². The number of halogens is 2. The number of amides is 1. The molecule has 1 aliphatic carbocycles. The van der Waals surface area contributed by atoms with E-state index in [1.165, 1.54) is 0 Å². The van der Waals surface area contributed by atoms with Gasteiger partial charge in [-0.3, -0.25) is 9.48 Å². The molecule has 1 aliphatic rings. The number of aryl methyl sites for hydroxylation is 1. The molecule has 1 aromatic rings. The molecule has 0 aliphatic heterocycles.